The Morgan fingerprint density at radius 3 is 2.35 bits per heavy atom. The Balaban J connectivity index is 2.01. The minimum atomic E-state index is 0.374. The summed E-state index contributed by atoms with van der Waals surface area (Å²) in [7, 11) is 0. The summed E-state index contributed by atoms with van der Waals surface area (Å²) < 4.78 is 0. The molecule has 94 valence electrons. The molecule has 0 radical (unpaired) electrons. The highest BCUT2D eigenvalue weighted by molar-refractivity contribution is 6.30. The van der Waals surface area contributed by atoms with Gasteiger partial charge in [0.15, 0.2) is 0 Å². The van der Waals surface area contributed by atoms with Gasteiger partial charge in [-0.3, -0.25) is 0 Å². The minimum absolute atomic E-state index is 0.374. The Morgan fingerprint density at radius 1 is 1.24 bits per heavy atom. The molecule has 1 aromatic carbocycles. The van der Waals surface area contributed by atoms with Crippen molar-refractivity contribution in [3.63, 3.8) is 0 Å². The standard InChI is InChI=1S/C15H22ClN/c1-12(2)10-17-11-15(8-3-9-15)13-4-6-14(16)7-5-13/h4-7,12,17H,3,8-11H2,1-2H3. The van der Waals surface area contributed by atoms with Crippen molar-refractivity contribution in [3.05, 3.63) is 34.9 Å². The molecule has 0 atom stereocenters. The normalized spacial score (nSPS) is 18.1. The Hall–Kier alpha value is -0.530. The van der Waals surface area contributed by atoms with Crippen LogP contribution in [0.1, 0.15) is 38.7 Å². The van der Waals surface area contributed by atoms with Crippen LogP contribution in [0.4, 0.5) is 0 Å². The fourth-order valence-corrected chi connectivity index (χ4v) is 2.70. The summed E-state index contributed by atoms with van der Waals surface area (Å²) in [5, 5.41) is 4.44. The summed E-state index contributed by atoms with van der Waals surface area (Å²) in [5.74, 6) is 0.720. The molecular weight excluding hydrogens is 230 g/mol. The monoisotopic (exact) mass is 251 g/mol. The number of hydrogen-bond acceptors (Lipinski definition) is 1. The van der Waals surface area contributed by atoms with E-state index >= 15 is 0 Å². The van der Waals surface area contributed by atoms with Gasteiger partial charge in [-0.15, -0.1) is 0 Å². The number of halogens is 1. The molecule has 0 aromatic heterocycles. The smallest absolute Gasteiger partial charge is 0.0406 e. The fraction of sp³-hybridized carbons (Fsp3) is 0.600. The van der Waals surface area contributed by atoms with E-state index in [9.17, 15) is 0 Å². The number of rotatable bonds is 5. The van der Waals surface area contributed by atoms with Crippen molar-refractivity contribution >= 4 is 11.6 Å². The second kappa shape index (κ2) is 5.41. The molecule has 2 rings (SSSR count). The first kappa shape index (κ1) is 12.9. The summed E-state index contributed by atoms with van der Waals surface area (Å²) in [6.45, 7) is 6.72. The van der Waals surface area contributed by atoms with E-state index in [2.05, 4.69) is 31.3 Å². The Labute approximate surface area is 110 Å². The van der Waals surface area contributed by atoms with Crippen molar-refractivity contribution in [3.8, 4) is 0 Å². The van der Waals surface area contributed by atoms with E-state index in [0.29, 0.717) is 5.41 Å². The van der Waals surface area contributed by atoms with Crippen molar-refractivity contribution in [2.24, 2.45) is 5.92 Å². The highest BCUT2D eigenvalue weighted by Crippen LogP contribution is 2.43. The third-order valence-electron chi connectivity index (χ3n) is 3.78. The van der Waals surface area contributed by atoms with E-state index in [1.807, 2.05) is 12.1 Å². The van der Waals surface area contributed by atoms with Crippen molar-refractivity contribution in [1.29, 1.82) is 0 Å². The van der Waals surface area contributed by atoms with Crippen LogP contribution in [0.15, 0.2) is 24.3 Å². The van der Waals surface area contributed by atoms with E-state index in [0.717, 1.165) is 24.0 Å². The van der Waals surface area contributed by atoms with Crippen molar-refractivity contribution in [2.75, 3.05) is 13.1 Å². The van der Waals surface area contributed by atoms with Gasteiger partial charge in [0.1, 0.15) is 0 Å². The van der Waals surface area contributed by atoms with E-state index in [1.165, 1.54) is 24.8 Å². The van der Waals surface area contributed by atoms with Gasteiger partial charge in [0.2, 0.25) is 0 Å². The number of benzene rings is 1. The van der Waals surface area contributed by atoms with Gasteiger partial charge in [0.25, 0.3) is 0 Å². The molecule has 2 heteroatoms. The number of hydrogen-bond donors (Lipinski definition) is 1. The molecule has 1 nitrogen and oxygen atoms in total. The third-order valence-corrected chi connectivity index (χ3v) is 4.04. The lowest BCUT2D eigenvalue weighted by molar-refractivity contribution is 0.231. The summed E-state index contributed by atoms with van der Waals surface area (Å²) in [5.41, 5.74) is 1.82. The molecule has 0 bridgehead atoms. The lowest BCUT2D eigenvalue weighted by Gasteiger charge is -2.43. The topological polar surface area (TPSA) is 12.0 Å². The first-order chi connectivity index (χ1) is 8.12. The maximum Gasteiger partial charge on any atom is 0.0406 e. The second-order valence-corrected chi connectivity index (χ2v) is 6.10. The molecule has 1 aliphatic carbocycles. The zero-order valence-corrected chi connectivity index (χ0v) is 11.6. The molecule has 0 saturated heterocycles. The van der Waals surface area contributed by atoms with Crippen LogP contribution in [0, 0.1) is 5.92 Å². The Kier molecular flexibility index (Phi) is 4.11. The van der Waals surface area contributed by atoms with E-state index in [-0.39, 0.29) is 0 Å². The zero-order chi connectivity index (χ0) is 12.3. The highest BCUT2D eigenvalue weighted by atomic mass is 35.5. The molecule has 0 heterocycles. The van der Waals surface area contributed by atoms with Crippen LogP contribution in [0.5, 0.6) is 0 Å². The zero-order valence-electron chi connectivity index (χ0n) is 10.8. The lowest BCUT2D eigenvalue weighted by atomic mass is 9.64. The first-order valence-corrected chi connectivity index (χ1v) is 6.97. The maximum absolute atomic E-state index is 5.95. The second-order valence-electron chi connectivity index (χ2n) is 5.67. The van der Waals surface area contributed by atoms with Crippen LogP contribution >= 0.6 is 11.6 Å². The molecule has 1 N–H and O–H groups in total. The summed E-state index contributed by atoms with van der Waals surface area (Å²) in [6.07, 6.45) is 3.96. The molecule has 0 aliphatic heterocycles. The van der Waals surface area contributed by atoms with Gasteiger partial charge in [-0.25, -0.2) is 0 Å². The van der Waals surface area contributed by atoms with Gasteiger partial charge in [-0.2, -0.15) is 0 Å². The summed E-state index contributed by atoms with van der Waals surface area (Å²) in [6, 6.07) is 8.41. The largest absolute Gasteiger partial charge is 0.316 e. The fourth-order valence-electron chi connectivity index (χ4n) is 2.57. The maximum atomic E-state index is 5.95. The predicted molar refractivity (Wildman–Crippen MR) is 74.7 cm³/mol. The molecule has 0 spiro atoms. The molecule has 17 heavy (non-hydrogen) atoms. The average molecular weight is 252 g/mol. The highest BCUT2D eigenvalue weighted by Gasteiger charge is 2.37. The summed E-state index contributed by atoms with van der Waals surface area (Å²) in [4.78, 5) is 0. The van der Waals surface area contributed by atoms with Crippen molar-refractivity contribution in [1.82, 2.24) is 5.32 Å². The van der Waals surface area contributed by atoms with E-state index in [4.69, 9.17) is 11.6 Å². The SMILES string of the molecule is CC(C)CNCC1(c2ccc(Cl)cc2)CCC1. The molecular formula is C15H22ClN. The van der Waals surface area contributed by atoms with Gasteiger partial charge in [-0.1, -0.05) is 44.0 Å². The van der Waals surface area contributed by atoms with Gasteiger partial charge in [0.05, 0.1) is 0 Å². The third kappa shape index (κ3) is 3.02. The molecule has 1 aliphatic rings. The van der Waals surface area contributed by atoms with Gasteiger partial charge in [0, 0.05) is 17.0 Å². The Morgan fingerprint density at radius 2 is 1.88 bits per heavy atom. The van der Waals surface area contributed by atoms with Crippen LogP contribution in [-0.4, -0.2) is 13.1 Å². The van der Waals surface area contributed by atoms with Crippen LogP contribution in [-0.2, 0) is 5.41 Å². The first-order valence-electron chi connectivity index (χ1n) is 6.59. The van der Waals surface area contributed by atoms with Gasteiger partial charge in [-0.05, 0) is 43.0 Å². The quantitative estimate of drug-likeness (QED) is 0.834. The molecule has 1 fully saturated rings. The molecule has 0 unspecified atom stereocenters. The number of nitrogens with one attached hydrogen (secondary N) is 1. The molecule has 1 saturated carbocycles. The lowest BCUT2D eigenvalue weighted by Crippen LogP contribution is -2.44. The van der Waals surface area contributed by atoms with Crippen molar-refractivity contribution < 1.29 is 0 Å². The van der Waals surface area contributed by atoms with Crippen LogP contribution in [0.25, 0.3) is 0 Å². The Bertz CT molecular complexity index is 352. The minimum Gasteiger partial charge on any atom is -0.316 e. The van der Waals surface area contributed by atoms with Crippen LogP contribution in [0.2, 0.25) is 5.02 Å². The van der Waals surface area contributed by atoms with Crippen molar-refractivity contribution in [2.45, 2.75) is 38.5 Å². The van der Waals surface area contributed by atoms with E-state index < -0.39 is 0 Å². The van der Waals surface area contributed by atoms with Crippen LogP contribution < -0.4 is 5.32 Å². The molecule has 1 aromatic rings. The predicted octanol–water partition coefficient (Wildman–Crippen LogP) is 4.01. The van der Waals surface area contributed by atoms with E-state index in [1.54, 1.807) is 0 Å². The van der Waals surface area contributed by atoms with Crippen LogP contribution in [0.3, 0.4) is 0 Å². The average Bonchev–Trinajstić information content (AvgIpc) is 2.23. The molecule has 0 amide bonds. The van der Waals surface area contributed by atoms with Gasteiger partial charge >= 0.3 is 0 Å². The summed E-state index contributed by atoms with van der Waals surface area (Å²) >= 11 is 5.95. The van der Waals surface area contributed by atoms with Gasteiger partial charge < -0.3 is 5.32 Å².